The van der Waals surface area contributed by atoms with Gasteiger partial charge in [-0.2, -0.15) is 0 Å². The number of amides is 1. The van der Waals surface area contributed by atoms with Crippen LogP contribution in [-0.2, 0) is 9.59 Å². The van der Waals surface area contributed by atoms with Gasteiger partial charge in [-0.05, 0) is 43.2 Å². The predicted molar refractivity (Wildman–Crippen MR) is 163 cm³/mol. The Morgan fingerprint density at radius 1 is 1.02 bits per heavy atom. The number of anilines is 4. The molecule has 0 aliphatic carbocycles. The number of nitrogens with two attached hydrogens (primary N) is 1. The van der Waals surface area contributed by atoms with E-state index >= 15 is 0 Å². The molecule has 4 N–H and O–H groups in total. The highest BCUT2D eigenvalue weighted by atomic mass is 16.2. The van der Waals surface area contributed by atoms with Gasteiger partial charge in [-0.3, -0.25) is 4.79 Å². The number of hydrogen-bond donors (Lipinski definition) is 3. The summed E-state index contributed by atoms with van der Waals surface area (Å²) in [5, 5.41) is 10.9. The molecule has 1 saturated heterocycles. The van der Waals surface area contributed by atoms with E-state index in [9.17, 15) is 9.59 Å². The van der Waals surface area contributed by atoms with Crippen molar-refractivity contribution in [3.63, 3.8) is 0 Å². The maximum Gasteiger partial charge on any atom is 0.222 e. The van der Waals surface area contributed by atoms with Gasteiger partial charge in [0.05, 0.1) is 5.69 Å². The molecule has 212 valence electrons. The first-order valence-electron chi connectivity index (χ1n) is 14.1. The molecule has 1 amide bonds. The molecule has 0 atom stereocenters. The number of imidazole rings is 1. The van der Waals surface area contributed by atoms with Gasteiger partial charge in [0, 0.05) is 92.0 Å². The van der Waals surface area contributed by atoms with Crippen molar-refractivity contribution in [2.75, 3.05) is 42.1 Å². The normalized spacial score (nSPS) is 13.4. The molecule has 5 rings (SSSR count). The van der Waals surface area contributed by atoms with Gasteiger partial charge in [-0.15, -0.1) is 0 Å². The molecule has 0 unspecified atom stereocenters. The fourth-order valence-corrected chi connectivity index (χ4v) is 5.14. The van der Waals surface area contributed by atoms with Crippen LogP contribution in [0.15, 0.2) is 61.1 Å². The van der Waals surface area contributed by atoms with Gasteiger partial charge in [0.25, 0.3) is 0 Å². The Bertz CT molecular complexity index is 1510. The number of aldehydes is 1. The molecule has 0 spiro atoms. The standard InChI is InChI=1S/C31H36N8O2/c32-21-24-8-7-23(20-27(24)33)28-22-39-14-13-34-31(39)30(36-28)35-25-9-11-26(12-10-25)37-15-17-38(18-16-37)29(41)6-4-2-1-3-5-19-40/h7-14,19-22,32H,1-6,15-18,33H2,(H,35,36). The summed E-state index contributed by atoms with van der Waals surface area (Å²) in [6.07, 6.45) is 12.7. The number of fused-ring (bicyclic) bond motifs is 1. The number of unbranched alkanes of at least 4 members (excludes halogenated alkanes) is 4. The minimum Gasteiger partial charge on any atom is -0.398 e. The zero-order valence-electron chi connectivity index (χ0n) is 23.1. The van der Waals surface area contributed by atoms with E-state index in [1.807, 2.05) is 52.0 Å². The van der Waals surface area contributed by atoms with Crippen LogP contribution in [0.3, 0.4) is 0 Å². The Hall–Kier alpha value is -4.73. The van der Waals surface area contributed by atoms with Gasteiger partial charge >= 0.3 is 0 Å². The third kappa shape index (κ3) is 6.71. The van der Waals surface area contributed by atoms with Crippen molar-refractivity contribution in [3.8, 4) is 11.3 Å². The number of benzene rings is 2. The minimum absolute atomic E-state index is 0.230. The molecular weight excluding hydrogens is 516 g/mol. The summed E-state index contributed by atoms with van der Waals surface area (Å²) < 4.78 is 1.92. The maximum absolute atomic E-state index is 12.6. The first kappa shape index (κ1) is 27.8. The first-order chi connectivity index (χ1) is 20.1. The SMILES string of the molecule is N=Cc1ccc(-c2cn3ccnc3c(Nc3ccc(N4CCN(C(=O)CCCCCCC=O)CC4)cc3)n2)cc1N. The molecule has 0 radical (unpaired) electrons. The quantitative estimate of drug-likeness (QED) is 0.0985. The second kappa shape index (κ2) is 13.1. The summed E-state index contributed by atoms with van der Waals surface area (Å²) in [5.74, 6) is 0.860. The van der Waals surface area contributed by atoms with Crippen LogP contribution in [0.25, 0.3) is 16.9 Å². The van der Waals surface area contributed by atoms with Gasteiger partial charge in [0.15, 0.2) is 11.5 Å². The fraction of sp³-hybridized carbons (Fsp3) is 0.323. The summed E-state index contributed by atoms with van der Waals surface area (Å²) in [4.78, 5) is 36.6. The Balaban J connectivity index is 1.20. The van der Waals surface area contributed by atoms with Crippen LogP contribution in [0.1, 0.15) is 44.1 Å². The summed E-state index contributed by atoms with van der Waals surface area (Å²) in [5.41, 5.74) is 11.6. The third-order valence-corrected chi connectivity index (χ3v) is 7.50. The van der Waals surface area contributed by atoms with E-state index in [0.717, 1.165) is 80.8 Å². The van der Waals surface area contributed by atoms with E-state index in [1.54, 1.807) is 6.20 Å². The molecule has 4 aromatic rings. The summed E-state index contributed by atoms with van der Waals surface area (Å²) in [6, 6.07) is 13.8. The van der Waals surface area contributed by atoms with Crippen LogP contribution in [-0.4, -0.2) is 63.9 Å². The Kier molecular flexibility index (Phi) is 8.88. The van der Waals surface area contributed by atoms with Gasteiger partial charge in [-0.1, -0.05) is 25.0 Å². The van der Waals surface area contributed by atoms with E-state index in [0.29, 0.717) is 35.6 Å². The van der Waals surface area contributed by atoms with E-state index in [2.05, 4.69) is 27.3 Å². The molecule has 1 fully saturated rings. The molecule has 2 aromatic carbocycles. The van der Waals surface area contributed by atoms with Crippen LogP contribution in [0.2, 0.25) is 0 Å². The summed E-state index contributed by atoms with van der Waals surface area (Å²) >= 11 is 0. The molecule has 10 nitrogen and oxygen atoms in total. The highest BCUT2D eigenvalue weighted by Gasteiger charge is 2.21. The van der Waals surface area contributed by atoms with Gasteiger partial charge < -0.3 is 35.5 Å². The highest BCUT2D eigenvalue weighted by Crippen LogP contribution is 2.28. The monoisotopic (exact) mass is 552 g/mol. The fourth-order valence-electron chi connectivity index (χ4n) is 5.14. The average molecular weight is 553 g/mol. The van der Waals surface area contributed by atoms with E-state index in [-0.39, 0.29) is 5.91 Å². The molecule has 0 saturated carbocycles. The van der Waals surface area contributed by atoms with Crippen molar-refractivity contribution in [2.24, 2.45) is 0 Å². The lowest BCUT2D eigenvalue weighted by Gasteiger charge is -2.36. The Morgan fingerprint density at radius 3 is 2.54 bits per heavy atom. The van der Waals surface area contributed by atoms with Crippen molar-refractivity contribution < 1.29 is 9.59 Å². The van der Waals surface area contributed by atoms with Gasteiger partial charge in [-0.25, -0.2) is 9.97 Å². The van der Waals surface area contributed by atoms with Crippen molar-refractivity contribution in [1.82, 2.24) is 19.3 Å². The topological polar surface area (TPSA) is 133 Å². The smallest absolute Gasteiger partial charge is 0.222 e. The number of nitrogens with one attached hydrogen (secondary N) is 2. The number of carbonyl (C=O) groups excluding carboxylic acids is 2. The lowest BCUT2D eigenvalue weighted by Crippen LogP contribution is -2.48. The number of hydrogen-bond acceptors (Lipinski definition) is 8. The van der Waals surface area contributed by atoms with Gasteiger partial charge in [0.2, 0.25) is 5.91 Å². The molecule has 41 heavy (non-hydrogen) atoms. The van der Waals surface area contributed by atoms with Crippen molar-refractivity contribution in [2.45, 2.75) is 38.5 Å². The van der Waals surface area contributed by atoms with Crippen LogP contribution < -0.4 is 16.0 Å². The van der Waals surface area contributed by atoms with Crippen molar-refractivity contribution in [3.05, 3.63) is 66.6 Å². The number of aromatic nitrogens is 3. The molecule has 0 bridgehead atoms. The predicted octanol–water partition coefficient (Wildman–Crippen LogP) is 4.91. The van der Waals surface area contributed by atoms with Crippen molar-refractivity contribution >= 4 is 46.9 Å². The maximum atomic E-state index is 12.6. The lowest BCUT2D eigenvalue weighted by atomic mass is 10.1. The van der Waals surface area contributed by atoms with Crippen LogP contribution in [0.5, 0.6) is 0 Å². The summed E-state index contributed by atoms with van der Waals surface area (Å²) in [6.45, 7) is 3.06. The zero-order valence-corrected chi connectivity index (χ0v) is 23.1. The molecule has 3 heterocycles. The highest BCUT2D eigenvalue weighted by molar-refractivity contribution is 5.87. The number of piperazine rings is 1. The molecule has 1 aliphatic heterocycles. The van der Waals surface area contributed by atoms with E-state index < -0.39 is 0 Å². The second-order valence-corrected chi connectivity index (χ2v) is 10.3. The van der Waals surface area contributed by atoms with Crippen LogP contribution in [0.4, 0.5) is 22.9 Å². The first-order valence-corrected chi connectivity index (χ1v) is 14.1. The largest absolute Gasteiger partial charge is 0.398 e. The average Bonchev–Trinajstić information content (AvgIpc) is 3.48. The molecule has 10 heteroatoms. The Morgan fingerprint density at radius 2 is 1.80 bits per heavy atom. The van der Waals surface area contributed by atoms with Crippen molar-refractivity contribution in [1.29, 1.82) is 5.41 Å². The number of nitrogens with zero attached hydrogens (tertiary/aromatic N) is 5. The zero-order chi connectivity index (χ0) is 28.6. The lowest BCUT2D eigenvalue weighted by molar-refractivity contribution is -0.131. The molecular formula is C31H36N8O2. The van der Waals surface area contributed by atoms with Crippen LogP contribution >= 0.6 is 0 Å². The Labute approximate surface area is 239 Å². The molecule has 1 aliphatic rings. The molecule has 2 aromatic heterocycles. The number of rotatable bonds is 12. The van der Waals surface area contributed by atoms with Gasteiger partial charge in [0.1, 0.15) is 6.29 Å². The van der Waals surface area contributed by atoms with Crippen LogP contribution in [0, 0.1) is 5.41 Å². The summed E-state index contributed by atoms with van der Waals surface area (Å²) in [7, 11) is 0. The number of nitrogen functional groups attached to an aromatic ring is 1. The minimum atomic E-state index is 0.230. The van der Waals surface area contributed by atoms with E-state index in [1.165, 1.54) is 6.21 Å². The third-order valence-electron chi connectivity index (χ3n) is 7.50. The number of carbonyl (C=O) groups is 2. The second-order valence-electron chi connectivity index (χ2n) is 10.3. The van der Waals surface area contributed by atoms with E-state index in [4.69, 9.17) is 16.1 Å².